The maximum Gasteiger partial charge on any atom is 0.119 e. The molecule has 1 aromatic carbocycles. The molecule has 0 radical (unpaired) electrons. The molecule has 0 amide bonds. The molecule has 0 aliphatic heterocycles. The summed E-state index contributed by atoms with van der Waals surface area (Å²) in [6.07, 6.45) is 2.52. The maximum atomic E-state index is 5.64. The van der Waals surface area contributed by atoms with Crippen LogP contribution < -0.4 is 10.1 Å². The Kier molecular flexibility index (Phi) is 8.26. The molecule has 1 aromatic rings. The molecule has 0 fully saturated rings. The Labute approximate surface area is 117 Å². The third-order valence-corrected chi connectivity index (χ3v) is 3.01. The highest BCUT2D eigenvalue weighted by atomic mass is 16.5. The van der Waals surface area contributed by atoms with Crippen molar-refractivity contribution in [1.29, 1.82) is 0 Å². The minimum atomic E-state index is 0.315. The summed E-state index contributed by atoms with van der Waals surface area (Å²) in [5.41, 5.74) is 1.29. The van der Waals surface area contributed by atoms with Crippen molar-refractivity contribution in [2.24, 2.45) is 0 Å². The van der Waals surface area contributed by atoms with Crippen LogP contribution in [-0.2, 0) is 11.3 Å². The van der Waals surface area contributed by atoms with Gasteiger partial charge in [0.2, 0.25) is 0 Å². The molecule has 0 saturated carbocycles. The summed E-state index contributed by atoms with van der Waals surface area (Å²) in [4.78, 5) is 0. The van der Waals surface area contributed by atoms with Gasteiger partial charge in [-0.3, -0.25) is 0 Å². The second kappa shape index (κ2) is 9.82. The summed E-state index contributed by atoms with van der Waals surface area (Å²) in [6.45, 7) is 9.61. The lowest BCUT2D eigenvalue weighted by molar-refractivity contribution is 0.0427. The zero-order valence-electron chi connectivity index (χ0n) is 12.4. The van der Waals surface area contributed by atoms with Crippen LogP contribution in [0.5, 0.6) is 5.75 Å². The number of ether oxygens (including phenoxy) is 2. The van der Waals surface area contributed by atoms with E-state index in [1.165, 1.54) is 5.56 Å². The third kappa shape index (κ3) is 7.19. The van der Waals surface area contributed by atoms with Crippen molar-refractivity contribution in [3.8, 4) is 5.75 Å². The fraction of sp³-hybridized carbons (Fsp3) is 0.625. The van der Waals surface area contributed by atoms with E-state index < -0.39 is 0 Å². The van der Waals surface area contributed by atoms with Crippen LogP contribution in [0.2, 0.25) is 0 Å². The second-order valence-corrected chi connectivity index (χ2v) is 4.76. The molecule has 0 spiro atoms. The largest absolute Gasteiger partial charge is 0.491 e. The number of benzene rings is 1. The van der Waals surface area contributed by atoms with Crippen molar-refractivity contribution in [3.05, 3.63) is 29.8 Å². The average Bonchev–Trinajstić information content (AvgIpc) is 2.45. The molecule has 0 heterocycles. The zero-order chi connectivity index (χ0) is 13.9. The zero-order valence-corrected chi connectivity index (χ0v) is 12.4. The predicted octanol–water partition coefficient (Wildman–Crippen LogP) is 3.38. The van der Waals surface area contributed by atoms with Crippen molar-refractivity contribution >= 4 is 0 Å². The highest BCUT2D eigenvalue weighted by molar-refractivity contribution is 5.27. The van der Waals surface area contributed by atoms with Gasteiger partial charge in [-0.05, 0) is 44.0 Å². The standard InChI is InChI=1S/C16H27NO2/c1-4-10-17-13-15-6-8-16(9-7-15)19-12-11-18-14(3)5-2/h6-9,14,17H,4-5,10-13H2,1-3H3. The molecule has 1 atom stereocenters. The highest BCUT2D eigenvalue weighted by Gasteiger charge is 1.99. The first-order chi connectivity index (χ1) is 9.26. The van der Waals surface area contributed by atoms with Crippen LogP contribution in [0, 0.1) is 0 Å². The molecular formula is C16H27NO2. The third-order valence-electron chi connectivity index (χ3n) is 3.01. The quantitative estimate of drug-likeness (QED) is 0.658. The fourth-order valence-corrected chi connectivity index (χ4v) is 1.64. The SMILES string of the molecule is CCCNCc1ccc(OCCOC(C)CC)cc1. The number of rotatable bonds is 10. The van der Waals surface area contributed by atoms with Gasteiger partial charge in [-0.1, -0.05) is 26.0 Å². The Morgan fingerprint density at radius 3 is 2.47 bits per heavy atom. The van der Waals surface area contributed by atoms with Crippen LogP contribution in [0.3, 0.4) is 0 Å². The van der Waals surface area contributed by atoms with E-state index in [0.29, 0.717) is 19.3 Å². The molecular weight excluding hydrogens is 238 g/mol. The maximum absolute atomic E-state index is 5.64. The van der Waals surface area contributed by atoms with Gasteiger partial charge in [0, 0.05) is 6.54 Å². The van der Waals surface area contributed by atoms with E-state index in [2.05, 4.69) is 38.2 Å². The Balaban J connectivity index is 2.20. The van der Waals surface area contributed by atoms with E-state index in [-0.39, 0.29) is 0 Å². The Morgan fingerprint density at radius 1 is 1.11 bits per heavy atom. The molecule has 3 heteroatoms. The molecule has 0 bridgehead atoms. The van der Waals surface area contributed by atoms with Crippen molar-refractivity contribution in [2.45, 2.75) is 46.3 Å². The first-order valence-electron chi connectivity index (χ1n) is 7.30. The van der Waals surface area contributed by atoms with Gasteiger partial charge in [0.25, 0.3) is 0 Å². The van der Waals surface area contributed by atoms with Crippen LogP contribution >= 0.6 is 0 Å². The molecule has 1 rings (SSSR count). The Bertz CT molecular complexity index is 324. The van der Waals surface area contributed by atoms with Gasteiger partial charge < -0.3 is 14.8 Å². The van der Waals surface area contributed by atoms with Crippen LogP contribution in [-0.4, -0.2) is 25.9 Å². The lowest BCUT2D eigenvalue weighted by atomic mass is 10.2. The first kappa shape index (κ1) is 16.0. The fourth-order valence-electron chi connectivity index (χ4n) is 1.64. The molecule has 1 unspecified atom stereocenters. The Morgan fingerprint density at radius 2 is 1.84 bits per heavy atom. The highest BCUT2D eigenvalue weighted by Crippen LogP contribution is 2.12. The molecule has 0 aliphatic rings. The van der Waals surface area contributed by atoms with E-state index in [9.17, 15) is 0 Å². The second-order valence-electron chi connectivity index (χ2n) is 4.76. The molecule has 0 saturated heterocycles. The van der Waals surface area contributed by atoms with Gasteiger partial charge in [-0.25, -0.2) is 0 Å². The lowest BCUT2D eigenvalue weighted by Gasteiger charge is -2.11. The van der Waals surface area contributed by atoms with Gasteiger partial charge in [0.1, 0.15) is 12.4 Å². The van der Waals surface area contributed by atoms with E-state index >= 15 is 0 Å². The Hall–Kier alpha value is -1.06. The van der Waals surface area contributed by atoms with Gasteiger partial charge in [-0.2, -0.15) is 0 Å². The summed E-state index contributed by atoms with van der Waals surface area (Å²) < 4.78 is 11.2. The van der Waals surface area contributed by atoms with Crippen LogP contribution in [0.25, 0.3) is 0 Å². The van der Waals surface area contributed by atoms with E-state index in [1.54, 1.807) is 0 Å². The van der Waals surface area contributed by atoms with Gasteiger partial charge in [0.15, 0.2) is 0 Å². The number of hydrogen-bond acceptors (Lipinski definition) is 3. The van der Waals surface area contributed by atoms with Crippen LogP contribution in [0.1, 0.15) is 39.2 Å². The van der Waals surface area contributed by atoms with Gasteiger partial charge in [-0.15, -0.1) is 0 Å². The molecule has 0 aliphatic carbocycles. The summed E-state index contributed by atoms with van der Waals surface area (Å²) in [6, 6.07) is 8.25. The topological polar surface area (TPSA) is 30.5 Å². The van der Waals surface area contributed by atoms with Crippen molar-refractivity contribution < 1.29 is 9.47 Å². The summed E-state index contributed by atoms with van der Waals surface area (Å²) in [7, 11) is 0. The average molecular weight is 265 g/mol. The monoisotopic (exact) mass is 265 g/mol. The summed E-state index contributed by atoms with van der Waals surface area (Å²) in [5, 5.41) is 3.38. The number of hydrogen-bond donors (Lipinski definition) is 1. The van der Waals surface area contributed by atoms with Crippen molar-refractivity contribution in [1.82, 2.24) is 5.32 Å². The lowest BCUT2D eigenvalue weighted by Crippen LogP contribution is -2.14. The first-order valence-corrected chi connectivity index (χ1v) is 7.30. The normalized spacial score (nSPS) is 12.4. The summed E-state index contributed by atoms with van der Waals surface area (Å²) >= 11 is 0. The number of nitrogens with one attached hydrogen (secondary N) is 1. The van der Waals surface area contributed by atoms with E-state index in [0.717, 1.165) is 31.7 Å². The van der Waals surface area contributed by atoms with Crippen molar-refractivity contribution in [3.63, 3.8) is 0 Å². The van der Waals surface area contributed by atoms with Gasteiger partial charge in [0.05, 0.1) is 12.7 Å². The summed E-state index contributed by atoms with van der Waals surface area (Å²) in [5.74, 6) is 0.909. The molecule has 1 N–H and O–H groups in total. The molecule has 0 aromatic heterocycles. The molecule has 3 nitrogen and oxygen atoms in total. The predicted molar refractivity (Wildman–Crippen MR) is 79.6 cm³/mol. The van der Waals surface area contributed by atoms with Crippen LogP contribution in [0.4, 0.5) is 0 Å². The van der Waals surface area contributed by atoms with Crippen LogP contribution in [0.15, 0.2) is 24.3 Å². The smallest absolute Gasteiger partial charge is 0.119 e. The molecule has 19 heavy (non-hydrogen) atoms. The van der Waals surface area contributed by atoms with E-state index in [4.69, 9.17) is 9.47 Å². The van der Waals surface area contributed by atoms with Gasteiger partial charge >= 0.3 is 0 Å². The minimum Gasteiger partial charge on any atom is -0.491 e. The minimum absolute atomic E-state index is 0.315. The molecule has 108 valence electrons. The van der Waals surface area contributed by atoms with Crippen molar-refractivity contribution in [2.75, 3.05) is 19.8 Å². The van der Waals surface area contributed by atoms with E-state index in [1.807, 2.05) is 12.1 Å².